The molecule has 0 spiro atoms. The highest BCUT2D eigenvalue weighted by Crippen LogP contribution is 2.22. The molecule has 6 nitrogen and oxygen atoms in total. The quantitative estimate of drug-likeness (QED) is 0.832. The molecule has 1 fully saturated rings. The highest BCUT2D eigenvalue weighted by molar-refractivity contribution is 7.88. The first kappa shape index (κ1) is 20.4. The standard InChI is InChI=1S/C21H27N3O3S/c1-3-24(20-13-15-23(16-14-20)28(2,26)27)21(25)22-19-11-9-18(10-12-19)17-7-5-4-6-8-17/h4-12,20H,3,13-16H2,1-2H3,(H,22,25). The summed E-state index contributed by atoms with van der Waals surface area (Å²) in [6.45, 7) is 3.44. The van der Waals surface area contributed by atoms with Crippen molar-refractivity contribution in [2.24, 2.45) is 0 Å². The molecule has 0 atom stereocenters. The summed E-state index contributed by atoms with van der Waals surface area (Å²) in [5.41, 5.74) is 2.98. The molecular formula is C21H27N3O3S. The van der Waals surface area contributed by atoms with Gasteiger partial charge in [0.1, 0.15) is 0 Å². The SMILES string of the molecule is CCN(C(=O)Nc1ccc(-c2ccccc2)cc1)C1CCN(S(C)(=O)=O)CC1. The summed E-state index contributed by atoms with van der Waals surface area (Å²) in [4.78, 5) is 14.6. The number of hydrogen-bond donors (Lipinski definition) is 1. The fourth-order valence-corrected chi connectivity index (χ4v) is 4.50. The summed E-state index contributed by atoms with van der Waals surface area (Å²) in [6, 6.07) is 17.8. The van der Waals surface area contributed by atoms with Crippen LogP contribution >= 0.6 is 0 Å². The molecule has 2 amide bonds. The fraction of sp³-hybridized carbons (Fsp3) is 0.381. The highest BCUT2D eigenvalue weighted by Gasteiger charge is 2.30. The third kappa shape index (κ3) is 4.91. The number of benzene rings is 2. The van der Waals surface area contributed by atoms with E-state index >= 15 is 0 Å². The number of anilines is 1. The predicted octanol–water partition coefficient (Wildman–Crippen LogP) is 3.63. The van der Waals surface area contributed by atoms with E-state index in [-0.39, 0.29) is 12.1 Å². The van der Waals surface area contributed by atoms with Crippen molar-refractivity contribution in [3.63, 3.8) is 0 Å². The molecule has 0 radical (unpaired) electrons. The van der Waals surface area contributed by atoms with Crippen LogP contribution in [0.5, 0.6) is 0 Å². The average molecular weight is 402 g/mol. The van der Waals surface area contributed by atoms with E-state index in [0.717, 1.165) is 16.8 Å². The second-order valence-corrected chi connectivity index (χ2v) is 9.04. The van der Waals surface area contributed by atoms with Crippen LogP contribution in [0, 0.1) is 0 Å². The summed E-state index contributed by atoms with van der Waals surface area (Å²) in [6.07, 6.45) is 2.54. The second kappa shape index (κ2) is 8.75. The largest absolute Gasteiger partial charge is 0.322 e. The van der Waals surface area contributed by atoms with E-state index in [1.165, 1.54) is 10.6 Å². The molecule has 1 aliphatic heterocycles. The van der Waals surface area contributed by atoms with Gasteiger partial charge in [-0.15, -0.1) is 0 Å². The summed E-state index contributed by atoms with van der Waals surface area (Å²) in [5.74, 6) is 0. The number of carbonyl (C=O) groups excluding carboxylic acids is 1. The Bertz CT molecular complexity index is 890. The molecule has 0 bridgehead atoms. The van der Waals surface area contributed by atoms with E-state index in [2.05, 4.69) is 17.4 Å². The normalized spacial score (nSPS) is 15.9. The van der Waals surface area contributed by atoms with Gasteiger partial charge in [0, 0.05) is 31.4 Å². The molecular weight excluding hydrogens is 374 g/mol. The molecule has 7 heteroatoms. The van der Waals surface area contributed by atoms with Crippen molar-refractivity contribution >= 4 is 21.7 Å². The maximum Gasteiger partial charge on any atom is 0.322 e. The Morgan fingerprint density at radius 1 is 1.04 bits per heavy atom. The van der Waals surface area contributed by atoms with Gasteiger partial charge >= 0.3 is 6.03 Å². The number of sulfonamides is 1. The van der Waals surface area contributed by atoms with Gasteiger partial charge in [0.15, 0.2) is 0 Å². The van der Waals surface area contributed by atoms with Gasteiger partial charge in [0.05, 0.1) is 6.26 Å². The lowest BCUT2D eigenvalue weighted by Gasteiger charge is -2.37. The maximum absolute atomic E-state index is 12.8. The Morgan fingerprint density at radius 2 is 1.61 bits per heavy atom. The van der Waals surface area contributed by atoms with Crippen molar-refractivity contribution in [3.8, 4) is 11.1 Å². The Labute approximate surface area is 167 Å². The number of hydrogen-bond acceptors (Lipinski definition) is 3. The van der Waals surface area contributed by atoms with Gasteiger partial charge in [-0.1, -0.05) is 42.5 Å². The number of nitrogens with one attached hydrogen (secondary N) is 1. The molecule has 1 heterocycles. The molecule has 1 aliphatic rings. The van der Waals surface area contributed by atoms with Crippen molar-refractivity contribution in [1.82, 2.24) is 9.21 Å². The lowest BCUT2D eigenvalue weighted by Crippen LogP contribution is -2.49. The molecule has 0 aliphatic carbocycles. The van der Waals surface area contributed by atoms with E-state index in [0.29, 0.717) is 32.5 Å². The van der Waals surface area contributed by atoms with Crippen molar-refractivity contribution in [2.45, 2.75) is 25.8 Å². The van der Waals surface area contributed by atoms with Crippen LogP contribution in [0.15, 0.2) is 54.6 Å². The number of nitrogens with zero attached hydrogens (tertiary/aromatic N) is 2. The number of urea groups is 1. The molecule has 0 unspecified atom stereocenters. The van der Waals surface area contributed by atoms with Gasteiger partial charge in [-0.05, 0) is 43.0 Å². The molecule has 28 heavy (non-hydrogen) atoms. The first-order valence-corrected chi connectivity index (χ1v) is 11.4. The minimum atomic E-state index is -3.16. The number of piperidine rings is 1. The third-order valence-electron chi connectivity index (χ3n) is 5.18. The molecule has 2 aromatic carbocycles. The second-order valence-electron chi connectivity index (χ2n) is 7.05. The van der Waals surface area contributed by atoms with Gasteiger partial charge < -0.3 is 10.2 Å². The Morgan fingerprint density at radius 3 is 2.14 bits per heavy atom. The molecule has 2 aromatic rings. The van der Waals surface area contributed by atoms with E-state index in [1.807, 2.05) is 49.4 Å². The number of carbonyl (C=O) groups is 1. The van der Waals surface area contributed by atoms with Crippen LogP contribution in [0.1, 0.15) is 19.8 Å². The first-order valence-electron chi connectivity index (χ1n) is 9.56. The van der Waals surface area contributed by atoms with Crippen LogP contribution in [0.3, 0.4) is 0 Å². The van der Waals surface area contributed by atoms with Crippen LogP contribution in [0.25, 0.3) is 11.1 Å². The van der Waals surface area contributed by atoms with Crippen molar-refractivity contribution in [1.29, 1.82) is 0 Å². The maximum atomic E-state index is 12.8. The molecule has 150 valence electrons. The van der Waals surface area contributed by atoms with Crippen molar-refractivity contribution in [3.05, 3.63) is 54.6 Å². The van der Waals surface area contributed by atoms with Crippen LogP contribution in [0.4, 0.5) is 10.5 Å². The predicted molar refractivity (Wildman–Crippen MR) is 113 cm³/mol. The van der Waals surface area contributed by atoms with Crippen molar-refractivity contribution in [2.75, 3.05) is 31.2 Å². The lowest BCUT2D eigenvalue weighted by atomic mass is 10.0. The average Bonchev–Trinajstić information content (AvgIpc) is 2.69. The summed E-state index contributed by atoms with van der Waals surface area (Å²) < 4.78 is 24.8. The van der Waals surface area contributed by atoms with Crippen LogP contribution in [0.2, 0.25) is 0 Å². The first-order chi connectivity index (χ1) is 13.4. The fourth-order valence-electron chi connectivity index (χ4n) is 3.63. The molecule has 1 saturated heterocycles. The Kier molecular flexibility index (Phi) is 6.36. The van der Waals surface area contributed by atoms with E-state index < -0.39 is 10.0 Å². The molecule has 0 aromatic heterocycles. The number of amides is 2. The topological polar surface area (TPSA) is 69.7 Å². The zero-order chi connectivity index (χ0) is 20.1. The third-order valence-corrected chi connectivity index (χ3v) is 6.48. The summed E-state index contributed by atoms with van der Waals surface area (Å²) in [7, 11) is -3.16. The van der Waals surface area contributed by atoms with Crippen LogP contribution in [-0.4, -0.2) is 55.6 Å². The van der Waals surface area contributed by atoms with E-state index in [9.17, 15) is 13.2 Å². The van der Waals surface area contributed by atoms with E-state index in [1.54, 1.807) is 4.90 Å². The van der Waals surface area contributed by atoms with Gasteiger partial charge in [0.25, 0.3) is 0 Å². The minimum Gasteiger partial charge on any atom is -0.322 e. The van der Waals surface area contributed by atoms with Gasteiger partial charge in [-0.25, -0.2) is 17.5 Å². The van der Waals surface area contributed by atoms with Gasteiger partial charge in [0.2, 0.25) is 10.0 Å². The van der Waals surface area contributed by atoms with Gasteiger partial charge in [-0.2, -0.15) is 0 Å². The summed E-state index contributed by atoms with van der Waals surface area (Å²) >= 11 is 0. The Hall–Kier alpha value is -2.38. The minimum absolute atomic E-state index is 0.0478. The van der Waals surface area contributed by atoms with Crippen molar-refractivity contribution < 1.29 is 13.2 Å². The molecule has 0 saturated carbocycles. The zero-order valence-corrected chi connectivity index (χ0v) is 17.2. The molecule has 1 N–H and O–H groups in total. The van der Waals surface area contributed by atoms with E-state index in [4.69, 9.17) is 0 Å². The number of rotatable bonds is 5. The summed E-state index contributed by atoms with van der Waals surface area (Å²) in [5, 5.41) is 2.97. The molecule has 3 rings (SSSR count). The highest BCUT2D eigenvalue weighted by atomic mass is 32.2. The lowest BCUT2D eigenvalue weighted by molar-refractivity contribution is 0.160. The van der Waals surface area contributed by atoms with Gasteiger partial charge in [-0.3, -0.25) is 0 Å². The Balaban J connectivity index is 1.61. The monoisotopic (exact) mass is 401 g/mol. The van der Waals surface area contributed by atoms with Crippen LogP contribution in [-0.2, 0) is 10.0 Å². The zero-order valence-electron chi connectivity index (χ0n) is 16.3. The van der Waals surface area contributed by atoms with Crippen LogP contribution < -0.4 is 5.32 Å². The smallest absolute Gasteiger partial charge is 0.322 e.